The van der Waals surface area contributed by atoms with Gasteiger partial charge >= 0.3 is 0 Å². The molecule has 0 bridgehead atoms. The summed E-state index contributed by atoms with van der Waals surface area (Å²) in [6, 6.07) is 5.39. The summed E-state index contributed by atoms with van der Waals surface area (Å²) in [4.78, 5) is 26.2. The third-order valence-electron chi connectivity index (χ3n) is 4.52. The Hall–Kier alpha value is -1.95. The zero-order chi connectivity index (χ0) is 14.8. The fraction of sp³-hybridized carbons (Fsp3) is 0.533. The Morgan fingerprint density at radius 3 is 2.67 bits per heavy atom. The summed E-state index contributed by atoms with van der Waals surface area (Å²) in [5.41, 5.74) is 0.940. The maximum Gasteiger partial charge on any atom is 0.280 e. The SMILES string of the molecule is O=Cc1cc(N2CCC(N3CCCC3)C2)ccc1[N+](=O)[O-]. The van der Waals surface area contributed by atoms with Crippen molar-refractivity contribution < 1.29 is 9.72 Å². The highest BCUT2D eigenvalue weighted by Crippen LogP contribution is 2.28. The molecule has 0 aromatic heterocycles. The van der Waals surface area contributed by atoms with Crippen molar-refractivity contribution in [3.8, 4) is 0 Å². The van der Waals surface area contributed by atoms with Gasteiger partial charge in [0.2, 0.25) is 0 Å². The van der Waals surface area contributed by atoms with Gasteiger partial charge in [0.1, 0.15) is 0 Å². The number of carbonyl (C=O) groups is 1. The normalized spacial score (nSPS) is 22.7. The van der Waals surface area contributed by atoms with Crippen molar-refractivity contribution in [1.29, 1.82) is 0 Å². The molecule has 1 aromatic rings. The first-order valence-corrected chi connectivity index (χ1v) is 7.41. The first kappa shape index (κ1) is 14.0. The van der Waals surface area contributed by atoms with Crippen LogP contribution in [0.25, 0.3) is 0 Å². The van der Waals surface area contributed by atoms with Gasteiger partial charge in [0.25, 0.3) is 5.69 Å². The summed E-state index contributed by atoms with van der Waals surface area (Å²) in [6.07, 6.45) is 4.25. The van der Waals surface area contributed by atoms with E-state index in [0.717, 1.165) is 25.2 Å². The van der Waals surface area contributed by atoms with Crippen molar-refractivity contribution in [3.05, 3.63) is 33.9 Å². The van der Waals surface area contributed by atoms with Gasteiger partial charge < -0.3 is 4.90 Å². The summed E-state index contributed by atoms with van der Waals surface area (Å²) < 4.78 is 0. The maximum absolute atomic E-state index is 11.0. The Morgan fingerprint density at radius 1 is 1.24 bits per heavy atom. The van der Waals surface area contributed by atoms with Gasteiger partial charge in [-0.15, -0.1) is 0 Å². The van der Waals surface area contributed by atoms with Gasteiger partial charge in [-0.1, -0.05) is 0 Å². The van der Waals surface area contributed by atoms with Gasteiger partial charge in [0, 0.05) is 30.9 Å². The molecule has 0 spiro atoms. The van der Waals surface area contributed by atoms with E-state index < -0.39 is 4.92 Å². The number of benzene rings is 1. The topological polar surface area (TPSA) is 66.7 Å². The molecule has 2 heterocycles. The first-order valence-electron chi connectivity index (χ1n) is 7.41. The van der Waals surface area contributed by atoms with Gasteiger partial charge in [-0.05, 0) is 44.5 Å². The molecule has 2 aliphatic rings. The third kappa shape index (κ3) is 2.76. The lowest BCUT2D eigenvalue weighted by atomic mass is 10.1. The van der Waals surface area contributed by atoms with Crippen LogP contribution < -0.4 is 4.90 Å². The molecule has 6 heteroatoms. The van der Waals surface area contributed by atoms with Crippen molar-refractivity contribution in [3.63, 3.8) is 0 Å². The zero-order valence-electron chi connectivity index (χ0n) is 11.9. The third-order valence-corrected chi connectivity index (χ3v) is 4.52. The smallest absolute Gasteiger partial charge is 0.280 e. The molecular formula is C15H19N3O3. The van der Waals surface area contributed by atoms with E-state index in [4.69, 9.17) is 0 Å². The molecule has 1 unspecified atom stereocenters. The molecule has 2 aliphatic heterocycles. The summed E-state index contributed by atoms with van der Waals surface area (Å²) in [7, 11) is 0. The van der Waals surface area contributed by atoms with E-state index in [1.54, 1.807) is 12.1 Å². The molecule has 0 saturated carbocycles. The van der Waals surface area contributed by atoms with Gasteiger partial charge in [-0.3, -0.25) is 19.8 Å². The predicted molar refractivity (Wildman–Crippen MR) is 79.9 cm³/mol. The molecule has 6 nitrogen and oxygen atoms in total. The quantitative estimate of drug-likeness (QED) is 0.482. The van der Waals surface area contributed by atoms with Crippen LogP contribution in [0, 0.1) is 10.1 Å². The lowest BCUT2D eigenvalue weighted by Gasteiger charge is -2.24. The van der Waals surface area contributed by atoms with Crippen LogP contribution in [0.5, 0.6) is 0 Å². The fourth-order valence-corrected chi connectivity index (χ4v) is 3.38. The number of anilines is 1. The highest BCUT2D eigenvalue weighted by Gasteiger charge is 2.29. The molecule has 1 atom stereocenters. The highest BCUT2D eigenvalue weighted by molar-refractivity contribution is 5.83. The van der Waals surface area contributed by atoms with E-state index in [0.29, 0.717) is 12.3 Å². The van der Waals surface area contributed by atoms with Crippen LogP contribution in [0.15, 0.2) is 18.2 Å². The van der Waals surface area contributed by atoms with Gasteiger partial charge in [0.05, 0.1) is 10.5 Å². The van der Waals surface area contributed by atoms with Crippen LogP contribution >= 0.6 is 0 Å². The molecule has 1 aromatic carbocycles. The Bertz CT molecular complexity index is 555. The zero-order valence-corrected chi connectivity index (χ0v) is 11.9. The summed E-state index contributed by atoms with van der Waals surface area (Å²) in [6.45, 7) is 4.24. The molecular weight excluding hydrogens is 270 g/mol. The number of carbonyl (C=O) groups excluding carboxylic acids is 1. The van der Waals surface area contributed by atoms with E-state index >= 15 is 0 Å². The van der Waals surface area contributed by atoms with Crippen molar-refractivity contribution in [2.75, 3.05) is 31.1 Å². The first-order chi connectivity index (χ1) is 10.2. The maximum atomic E-state index is 11.0. The van der Waals surface area contributed by atoms with Crippen molar-refractivity contribution in [2.24, 2.45) is 0 Å². The van der Waals surface area contributed by atoms with E-state index in [1.807, 2.05) is 0 Å². The lowest BCUT2D eigenvalue weighted by Crippen LogP contribution is -2.35. The number of hydrogen-bond acceptors (Lipinski definition) is 5. The molecule has 112 valence electrons. The highest BCUT2D eigenvalue weighted by atomic mass is 16.6. The van der Waals surface area contributed by atoms with Crippen LogP contribution in [-0.2, 0) is 0 Å². The number of nitro benzene ring substituents is 1. The Morgan fingerprint density at radius 2 is 2.00 bits per heavy atom. The lowest BCUT2D eigenvalue weighted by molar-refractivity contribution is -0.385. The van der Waals surface area contributed by atoms with E-state index in [2.05, 4.69) is 9.80 Å². The van der Waals surface area contributed by atoms with Crippen LogP contribution in [0.1, 0.15) is 29.6 Å². The molecule has 21 heavy (non-hydrogen) atoms. The molecule has 2 saturated heterocycles. The standard InChI is InChI=1S/C15H19N3O3/c19-11-12-9-13(3-4-15(12)18(20)21)17-8-5-14(10-17)16-6-1-2-7-16/h3-4,9,11,14H,1-2,5-8,10H2. The minimum absolute atomic E-state index is 0.121. The second-order valence-corrected chi connectivity index (χ2v) is 5.75. The van der Waals surface area contributed by atoms with Crippen LogP contribution in [0.3, 0.4) is 0 Å². The number of rotatable bonds is 4. The number of nitro groups is 1. The average Bonchev–Trinajstić information content (AvgIpc) is 3.17. The fourth-order valence-electron chi connectivity index (χ4n) is 3.38. The van der Waals surface area contributed by atoms with Crippen LogP contribution in [0.4, 0.5) is 11.4 Å². The predicted octanol–water partition coefficient (Wildman–Crippen LogP) is 2.08. The second kappa shape index (κ2) is 5.81. The summed E-state index contributed by atoms with van der Waals surface area (Å²) >= 11 is 0. The van der Waals surface area contributed by atoms with E-state index in [1.165, 1.54) is 32.0 Å². The molecule has 0 aliphatic carbocycles. The van der Waals surface area contributed by atoms with Crippen molar-refractivity contribution in [2.45, 2.75) is 25.3 Å². The summed E-state index contributed by atoms with van der Waals surface area (Å²) in [5, 5.41) is 10.9. The van der Waals surface area contributed by atoms with E-state index in [-0.39, 0.29) is 11.3 Å². The summed E-state index contributed by atoms with van der Waals surface area (Å²) in [5.74, 6) is 0. The minimum Gasteiger partial charge on any atom is -0.370 e. The Kier molecular flexibility index (Phi) is 3.88. The number of likely N-dealkylation sites (tertiary alicyclic amines) is 1. The van der Waals surface area contributed by atoms with E-state index in [9.17, 15) is 14.9 Å². The Balaban J connectivity index is 1.75. The monoisotopic (exact) mass is 289 g/mol. The van der Waals surface area contributed by atoms with Crippen molar-refractivity contribution in [1.82, 2.24) is 4.90 Å². The number of nitrogens with zero attached hydrogens (tertiary/aromatic N) is 3. The largest absolute Gasteiger partial charge is 0.370 e. The van der Waals surface area contributed by atoms with Gasteiger partial charge in [0.15, 0.2) is 6.29 Å². The minimum atomic E-state index is -0.509. The Labute approximate surface area is 123 Å². The molecule has 0 radical (unpaired) electrons. The number of aldehydes is 1. The van der Waals surface area contributed by atoms with Crippen molar-refractivity contribution >= 4 is 17.7 Å². The molecule has 0 N–H and O–H groups in total. The average molecular weight is 289 g/mol. The van der Waals surface area contributed by atoms with Crippen LogP contribution in [-0.4, -0.2) is 48.3 Å². The van der Waals surface area contributed by atoms with Crippen LogP contribution in [0.2, 0.25) is 0 Å². The van der Waals surface area contributed by atoms with Gasteiger partial charge in [-0.2, -0.15) is 0 Å². The molecule has 3 rings (SSSR count). The number of hydrogen-bond donors (Lipinski definition) is 0. The van der Waals surface area contributed by atoms with Gasteiger partial charge in [-0.25, -0.2) is 0 Å². The second-order valence-electron chi connectivity index (χ2n) is 5.75. The molecule has 0 amide bonds. The molecule has 2 fully saturated rings.